The number of piperazine rings is 1. The van der Waals surface area contributed by atoms with Crippen molar-refractivity contribution in [2.24, 2.45) is 0 Å². The van der Waals surface area contributed by atoms with Gasteiger partial charge in [0, 0.05) is 19.6 Å². The van der Waals surface area contributed by atoms with E-state index in [1.807, 2.05) is 0 Å². The summed E-state index contributed by atoms with van der Waals surface area (Å²) >= 11 is 0. The Labute approximate surface area is 190 Å². The molecule has 1 atom stereocenters. The van der Waals surface area contributed by atoms with Crippen molar-refractivity contribution in [1.82, 2.24) is 10.2 Å². The predicted molar refractivity (Wildman–Crippen MR) is 121 cm³/mol. The van der Waals surface area contributed by atoms with E-state index >= 15 is 0 Å². The van der Waals surface area contributed by atoms with Gasteiger partial charge < -0.3 is 15.3 Å². The summed E-state index contributed by atoms with van der Waals surface area (Å²) in [6, 6.07) is 13.5. The molecule has 1 fully saturated rings. The van der Waals surface area contributed by atoms with Crippen molar-refractivity contribution in [1.29, 1.82) is 0 Å². The number of carbonyl (C=O) groups is 2. The fourth-order valence-corrected chi connectivity index (χ4v) is 5.98. The molecule has 33 heavy (non-hydrogen) atoms. The second kappa shape index (κ2) is 8.92. The summed E-state index contributed by atoms with van der Waals surface area (Å²) < 4.78 is 40.9. The molecule has 1 heterocycles. The molecule has 2 N–H and O–H groups in total. The molecule has 0 saturated carbocycles. The van der Waals surface area contributed by atoms with Gasteiger partial charge in [-0.2, -0.15) is 0 Å². The van der Waals surface area contributed by atoms with Crippen LogP contribution in [0.2, 0.25) is 0 Å². The molecule has 0 radical (unpaired) electrons. The monoisotopic (exact) mass is 470 g/mol. The first-order chi connectivity index (χ1) is 15.7. The van der Waals surface area contributed by atoms with Gasteiger partial charge in [0.1, 0.15) is 5.82 Å². The predicted octanol–water partition coefficient (Wildman–Crippen LogP) is 2.76. The van der Waals surface area contributed by atoms with Gasteiger partial charge in [-0.3, -0.25) is 9.59 Å². The number of nitrogens with one attached hydrogen (secondary N) is 1. The fourth-order valence-electron chi connectivity index (χ4n) is 4.25. The molecule has 3 aromatic rings. The number of halogens is 1. The Morgan fingerprint density at radius 1 is 1.15 bits per heavy atom. The largest absolute Gasteiger partial charge is 0.481 e. The number of hydrogen-bond acceptors (Lipinski definition) is 5. The molecule has 0 spiro atoms. The molecule has 1 saturated heterocycles. The third-order valence-corrected chi connectivity index (χ3v) is 7.98. The Hall–Kier alpha value is -3.30. The Bertz CT molecular complexity index is 1340. The van der Waals surface area contributed by atoms with Crippen molar-refractivity contribution in [3.63, 3.8) is 0 Å². The van der Waals surface area contributed by atoms with Crippen LogP contribution in [0.5, 0.6) is 0 Å². The molecule has 1 amide bonds. The van der Waals surface area contributed by atoms with E-state index in [9.17, 15) is 27.5 Å². The first kappa shape index (κ1) is 22.9. The summed E-state index contributed by atoms with van der Waals surface area (Å²) in [6.07, 6.45) is -0.313. The lowest BCUT2D eigenvalue weighted by Gasteiger charge is -2.36. The molecule has 9 heteroatoms. The summed E-state index contributed by atoms with van der Waals surface area (Å²) in [5.41, 5.74) is 0.941. The maximum absolute atomic E-state index is 14.1. The van der Waals surface area contributed by atoms with Crippen molar-refractivity contribution in [2.75, 3.05) is 19.6 Å². The Morgan fingerprint density at radius 2 is 1.88 bits per heavy atom. The van der Waals surface area contributed by atoms with Gasteiger partial charge in [-0.05, 0) is 53.1 Å². The standard InChI is InChI=1S/C24H23FN2O5S/c1-15-17(12-22(28)29)11-16-7-8-18(25)13-20(16)23(15)24(30)27-10-9-26-14-21(27)33(31,32)19-5-3-2-4-6-19/h2-8,11,13,21,26H,9-10,12,14H2,1H3,(H,28,29). The van der Waals surface area contributed by atoms with Crippen molar-refractivity contribution < 1.29 is 27.5 Å². The average Bonchev–Trinajstić information content (AvgIpc) is 2.80. The number of hydrogen-bond donors (Lipinski definition) is 2. The zero-order valence-electron chi connectivity index (χ0n) is 17.9. The summed E-state index contributed by atoms with van der Waals surface area (Å²) in [7, 11) is -3.89. The summed E-state index contributed by atoms with van der Waals surface area (Å²) in [4.78, 5) is 26.6. The van der Waals surface area contributed by atoms with E-state index in [0.717, 1.165) is 0 Å². The number of amides is 1. The molecule has 1 aliphatic heterocycles. The molecular weight excluding hydrogens is 447 g/mol. The van der Waals surface area contributed by atoms with Gasteiger partial charge in [-0.1, -0.05) is 30.3 Å². The lowest BCUT2D eigenvalue weighted by molar-refractivity contribution is -0.136. The van der Waals surface area contributed by atoms with Crippen LogP contribution in [-0.2, 0) is 21.1 Å². The van der Waals surface area contributed by atoms with Crippen LogP contribution < -0.4 is 5.32 Å². The lowest BCUT2D eigenvalue weighted by Crippen LogP contribution is -2.56. The van der Waals surface area contributed by atoms with Crippen molar-refractivity contribution in [2.45, 2.75) is 23.6 Å². The van der Waals surface area contributed by atoms with Gasteiger partial charge in [0.05, 0.1) is 16.9 Å². The van der Waals surface area contributed by atoms with Crippen molar-refractivity contribution in [3.8, 4) is 0 Å². The van der Waals surface area contributed by atoms with Crippen LogP contribution in [-0.4, -0.2) is 55.3 Å². The lowest BCUT2D eigenvalue weighted by atomic mass is 9.92. The highest BCUT2D eigenvalue weighted by Crippen LogP contribution is 2.30. The van der Waals surface area contributed by atoms with Crippen molar-refractivity contribution in [3.05, 3.63) is 77.1 Å². The van der Waals surface area contributed by atoms with Crippen LogP contribution in [0.4, 0.5) is 4.39 Å². The third kappa shape index (κ3) is 4.34. The molecule has 0 aliphatic carbocycles. The van der Waals surface area contributed by atoms with Gasteiger partial charge in [-0.25, -0.2) is 12.8 Å². The molecule has 172 valence electrons. The van der Waals surface area contributed by atoms with E-state index in [1.165, 1.54) is 35.2 Å². The minimum Gasteiger partial charge on any atom is -0.481 e. The number of nitrogens with zero attached hydrogens (tertiary/aromatic N) is 1. The molecule has 4 rings (SSSR count). The van der Waals surface area contributed by atoms with E-state index in [1.54, 1.807) is 31.2 Å². The van der Waals surface area contributed by atoms with Gasteiger partial charge in [0.25, 0.3) is 5.91 Å². The van der Waals surface area contributed by atoms with Crippen LogP contribution in [0.15, 0.2) is 59.5 Å². The van der Waals surface area contributed by atoms with Crippen LogP contribution in [0.1, 0.15) is 21.5 Å². The first-order valence-electron chi connectivity index (χ1n) is 10.4. The molecule has 1 aliphatic rings. The number of carboxylic acid groups (broad SMARTS) is 1. The van der Waals surface area contributed by atoms with Gasteiger partial charge >= 0.3 is 5.97 Å². The highest BCUT2D eigenvalue weighted by Gasteiger charge is 2.38. The van der Waals surface area contributed by atoms with E-state index in [2.05, 4.69) is 5.32 Å². The van der Waals surface area contributed by atoms with Crippen LogP contribution in [0.3, 0.4) is 0 Å². The average molecular weight is 471 g/mol. The topological polar surface area (TPSA) is 104 Å². The number of fused-ring (bicyclic) bond motifs is 1. The number of rotatable bonds is 5. The zero-order chi connectivity index (χ0) is 23.8. The van der Waals surface area contributed by atoms with Gasteiger partial charge in [0.15, 0.2) is 5.37 Å². The Kier molecular flexibility index (Phi) is 6.18. The summed E-state index contributed by atoms with van der Waals surface area (Å²) in [6.45, 7) is 2.18. The third-order valence-electron chi connectivity index (χ3n) is 5.91. The van der Waals surface area contributed by atoms with Crippen LogP contribution in [0, 0.1) is 12.7 Å². The minimum absolute atomic E-state index is 0.0448. The van der Waals surface area contributed by atoms with Gasteiger partial charge in [-0.15, -0.1) is 0 Å². The normalized spacial score (nSPS) is 16.7. The van der Waals surface area contributed by atoms with E-state index < -0.39 is 32.9 Å². The Balaban J connectivity index is 1.86. The number of benzene rings is 3. The maximum atomic E-state index is 14.1. The molecular formula is C24H23FN2O5S. The molecule has 0 aromatic heterocycles. The summed E-state index contributed by atoms with van der Waals surface area (Å²) in [5, 5.41) is 12.0. The first-order valence-corrected chi connectivity index (χ1v) is 12.0. The highest BCUT2D eigenvalue weighted by atomic mass is 32.2. The molecule has 0 bridgehead atoms. The SMILES string of the molecule is Cc1c(CC(=O)O)cc2ccc(F)cc2c1C(=O)N1CCNCC1S(=O)(=O)c1ccccc1. The smallest absolute Gasteiger partial charge is 0.307 e. The van der Waals surface area contributed by atoms with E-state index in [-0.39, 0.29) is 30.0 Å². The fraction of sp³-hybridized carbons (Fsp3) is 0.250. The molecule has 1 unspecified atom stereocenters. The minimum atomic E-state index is -3.89. The second-order valence-corrected chi connectivity index (χ2v) is 10.1. The van der Waals surface area contributed by atoms with Crippen LogP contribution >= 0.6 is 0 Å². The number of aliphatic carboxylic acids is 1. The second-order valence-electron chi connectivity index (χ2n) is 7.99. The van der Waals surface area contributed by atoms with Gasteiger partial charge in [0.2, 0.25) is 9.84 Å². The van der Waals surface area contributed by atoms with E-state index in [0.29, 0.717) is 28.4 Å². The van der Waals surface area contributed by atoms with E-state index in [4.69, 9.17) is 0 Å². The van der Waals surface area contributed by atoms with Crippen LogP contribution in [0.25, 0.3) is 10.8 Å². The number of carbonyl (C=O) groups excluding carboxylic acids is 1. The quantitative estimate of drug-likeness (QED) is 0.594. The zero-order valence-corrected chi connectivity index (χ0v) is 18.7. The number of sulfone groups is 1. The molecule has 3 aromatic carbocycles. The highest BCUT2D eigenvalue weighted by molar-refractivity contribution is 7.92. The van der Waals surface area contributed by atoms with Crippen molar-refractivity contribution >= 4 is 32.5 Å². The number of carboxylic acids is 1. The summed E-state index contributed by atoms with van der Waals surface area (Å²) in [5.74, 6) is -2.18. The molecule has 7 nitrogen and oxygen atoms in total. The maximum Gasteiger partial charge on any atom is 0.307 e. The Morgan fingerprint density at radius 3 is 2.58 bits per heavy atom.